The van der Waals surface area contributed by atoms with Crippen LogP contribution in [0.3, 0.4) is 0 Å². The van der Waals surface area contributed by atoms with Gasteiger partial charge in [0.15, 0.2) is 0 Å². The molecule has 0 aliphatic carbocycles. The van der Waals surface area contributed by atoms with Crippen molar-refractivity contribution in [3.63, 3.8) is 0 Å². The van der Waals surface area contributed by atoms with Crippen molar-refractivity contribution in [1.82, 2.24) is 9.97 Å². The maximum Gasteiger partial charge on any atom is 0.229 e. The van der Waals surface area contributed by atoms with Crippen molar-refractivity contribution in [2.75, 3.05) is 37.5 Å². The first kappa shape index (κ1) is 15.9. The molecule has 118 valence electrons. The second kappa shape index (κ2) is 7.49. The largest absolute Gasteiger partial charge is 0.497 e. The smallest absolute Gasteiger partial charge is 0.229 e. The van der Waals surface area contributed by atoms with Crippen LogP contribution >= 0.6 is 0 Å². The van der Waals surface area contributed by atoms with Gasteiger partial charge in [0.1, 0.15) is 17.3 Å². The average Bonchev–Trinajstić information content (AvgIpc) is 2.57. The number of aromatic nitrogens is 2. The van der Waals surface area contributed by atoms with Gasteiger partial charge in [0.05, 0.1) is 19.9 Å². The van der Waals surface area contributed by atoms with Gasteiger partial charge in [-0.3, -0.25) is 0 Å². The van der Waals surface area contributed by atoms with Crippen LogP contribution in [0.1, 0.15) is 13.8 Å². The molecule has 0 amide bonds. The Morgan fingerprint density at radius 2 is 1.86 bits per heavy atom. The molecule has 6 nitrogen and oxygen atoms in total. The van der Waals surface area contributed by atoms with Crippen molar-refractivity contribution in [2.45, 2.75) is 13.8 Å². The molecule has 1 aromatic carbocycles. The molecule has 1 N–H and O–H groups in total. The van der Waals surface area contributed by atoms with E-state index >= 15 is 0 Å². The minimum atomic E-state index is 0.535. The molecule has 0 bridgehead atoms. The van der Waals surface area contributed by atoms with E-state index < -0.39 is 0 Å². The van der Waals surface area contributed by atoms with Gasteiger partial charge in [-0.1, -0.05) is 0 Å². The van der Waals surface area contributed by atoms with Crippen molar-refractivity contribution in [2.24, 2.45) is 0 Å². The Labute approximate surface area is 131 Å². The number of ether oxygens (including phenoxy) is 2. The molecule has 1 heterocycles. The highest BCUT2D eigenvalue weighted by atomic mass is 16.5. The summed E-state index contributed by atoms with van der Waals surface area (Å²) in [4.78, 5) is 11.0. The first-order valence-corrected chi connectivity index (χ1v) is 7.28. The summed E-state index contributed by atoms with van der Waals surface area (Å²) in [5.74, 6) is 2.85. The molecule has 0 fully saturated rings. The minimum Gasteiger partial charge on any atom is -0.497 e. The van der Waals surface area contributed by atoms with Crippen molar-refractivity contribution >= 4 is 17.5 Å². The number of hydrogen-bond acceptors (Lipinski definition) is 6. The number of anilines is 3. The van der Waals surface area contributed by atoms with Gasteiger partial charge in [-0.05, 0) is 32.0 Å². The molecule has 2 rings (SSSR count). The third-order valence-electron chi connectivity index (χ3n) is 3.38. The lowest BCUT2D eigenvalue weighted by Gasteiger charge is -2.20. The highest BCUT2D eigenvalue weighted by Gasteiger charge is 2.09. The predicted molar refractivity (Wildman–Crippen MR) is 88.4 cm³/mol. The average molecular weight is 302 g/mol. The summed E-state index contributed by atoms with van der Waals surface area (Å²) in [7, 11) is 3.24. The Kier molecular flexibility index (Phi) is 5.41. The molecular weight excluding hydrogens is 280 g/mol. The van der Waals surface area contributed by atoms with Gasteiger partial charge in [-0.15, -0.1) is 0 Å². The van der Waals surface area contributed by atoms with E-state index in [1.807, 2.05) is 24.3 Å². The molecule has 2 aromatic rings. The third kappa shape index (κ3) is 3.58. The van der Waals surface area contributed by atoms with E-state index in [9.17, 15) is 0 Å². The SMILES string of the molecule is CCN(CC)c1ccnc(Nc2ccc(OC)cc2OC)n1. The van der Waals surface area contributed by atoms with E-state index in [4.69, 9.17) is 9.47 Å². The second-order valence-electron chi connectivity index (χ2n) is 4.60. The van der Waals surface area contributed by atoms with Crippen molar-refractivity contribution in [3.8, 4) is 11.5 Å². The van der Waals surface area contributed by atoms with Crippen molar-refractivity contribution in [3.05, 3.63) is 30.5 Å². The molecule has 0 radical (unpaired) electrons. The molecule has 0 aliphatic heterocycles. The first-order chi connectivity index (χ1) is 10.7. The second-order valence-corrected chi connectivity index (χ2v) is 4.60. The van der Waals surface area contributed by atoms with E-state index in [0.29, 0.717) is 11.7 Å². The quantitative estimate of drug-likeness (QED) is 0.848. The van der Waals surface area contributed by atoms with Gasteiger partial charge in [0, 0.05) is 25.4 Å². The summed E-state index contributed by atoms with van der Waals surface area (Å²) in [6.45, 7) is 6.01. The predicted octanol–water partition coefficient (Wildman–Crippen LogP) is 3.08. The van der Waals surface area contributed by atoms with Crippen LogP contribution in [0.4, 0.5) is 17.5 Å². The van der Waals surface area contributed by atoms with Crippen LogP contribution in [0, 0.1) is 0 Å². The summed E-state index contributed by atoms with van der Waals surface area (Å²) in [5.41, 5.74) is 0.792. The van der Waals surface area contributed by atoms with Gasteiger partial charge >= 0.3 is 0 Å². The fourth-order valence-electron chi connectivity index (χ4n) is 2.16. The summed E-state index contributed by atoms with van der Waals surface area (Å²) in [6.07, 6.45) is 1.75. The Balaban J connectivity index is 2.25. The zero-order valence-corrected chi connectivity index (χ0v) is 13.5. The highest BCUT2D eigenvalue weighted by Crippen LogP contribution is 2.30. The Morgan fingerprint density at radius 3 is 2.50 bits per heavy atom. The molecule has 0 saturated heterocycles. The van der Waals surface area contributed by atoms with Crippen LogP contribution < -0.4 is 19.7 Å². The van der Waals surface area contributed by atoms with Gasteiger partial charge in [0.2, 0.25) is 5.95 Å². The van der Waals surface area contributed by atoms with Crippen molar-refractivity contribution < 1.29 is 9.47 Å². The maximum absolute atomic E-state index is 5.37. The van der Waals surface area contributed by atoms with Crippen LogP contribution in [-0.2, 0) is 0 Å². The number of benzene rings is 1. The molecule has 1 aromatic heterocycles. The minimum absolute atomic E-state index is 0.535. The maximum atomic E-state index is 5.37. The Hall–Kier alpha value is -2.50. The standard InChI is InChI=1S/C16H22N4O2/c1-5-20(6-2)15-9-10-17-16(19-15)18-13-8-7-12(21-3)11-14(13)22-4/h7-11H,5-6H2,1-4H3,(H,17,18,19). The normalized spacial score (nSPS) is 10.2. The highest BCUT2D eigenvalue weighted by molar-refractivity contribution is 5.64. The Bertz CT molecular complexity index is 615. The molecular formula is C16H22N4O2. The van der Waals surface area contributed by atoms with Gasteiger partial charge in [0.25, 0.3) is 0 Å². The lowest BCUT2D eigenvalue weighted by molar-refractivity contribution is 0.395. The van der Waals surface area contributed by atoms with E-state index in [0.717, 1.165) is 30.3 Å². The number of methoxy groups -OCH3 is 2. The van der Waals surface area contributed by atoms with Gasteiger partial charge in [-0.2, -0.15) is 4.98 Å². The number of nitrogens with zero attached hydrogens (tertiary/aromatic N) is 3. The van der Waals surface area contributed by atoms with E-state index in [1.54, 1.807) is 20.4 Å². The zero-order valence-electron chi connectivity index (χ0n) is 13.5. The number of nitrogens with one attached hydrogen (secondary N) is 1. The van der Waals surface area contributed by atoms with Crippen LogP contribution in [0.15, 0.2) is 30.5 Å². The number of hydrogen-bond donors (Lipinski definition) is 1. The molecule has 6 heteroatoms. The van der Waals surface area contributed by atoms with Crippen LogP contribution in [0.25, 0.3) is 0 Å². The van der Waals surface area contributed by atoms with Crippen LogP contribution in [-0.4, -0.2) is 37.3 Å². The summed E-state index contributed by atoms with van der Waals surface area (Å²) < 4.78 is 10.6. The lowest BCUT2D eigenvalue weighted by Crippen LogP contribution is -2.23. The molecule has 22 heavy (non-hydrogen) atoms. The van der Waals surface area contributed by atoms with Gasteiger partial charge < -0.3 is 19.7 Å². The van der Waals surface area contributed by atoms with E-state index in [1.165, 1.54) is 0 Å². The lowest BCUT2D eigenvalue weighted by atomic mass is 10.2. The molecule has 0 saturated carbocycles. The van der Waals surface area contributed by atoms with Crippen LogP contribution in [0.2, 0.25) is 0 Å². The Morgan fingerprint density at radius 1 is 1.09 bits per heavy atom. The first-order valence-electron chi connectivity index (χ1n) is 7.28. The van der Waals surface area contributed by atoms with Crippen molar-refractivity contribution in [1.29, 1.82) is 0 Å². The fourth-order valence-corrected chi connectivity index (χ4v) is 2.16. The van der Waals surface area contributed by atoms with E-state index in [-0.39, 0.29) is 0 Å². The topological polar surface area (TPSA) is 59.5 Å². The summed E-state index contributed by atoms with van der Waals surface area (Å²) >= 11 is 0. The monoisotopic (exact) mass is 302 g/mol. The molecule has 0 unspecified atom stereocenters. The summed E-state index contributed by atoms with van der Waals surface area (Å²) in [5, 5.41) is 3.19. The molecule has 0 atom stereocenters. The fraction of sp³-hybridized carbons (Fsp3) is 0.375. The zero-order chi connectivity index (χ0) is 15.9. The molecule has 0 aliphatic rings. The van der Waals surface area contributed by atoms with E-state index in [2.05, 4.69) is 34.0 Å². The van der Waals surface area contributed by atoms with Crippen LogP contribution in [0.5, 0.6) is 11.5 Å². The summed E-state index contributed by atoms with van der Waals surface area (Å²) in [6, 6.07) is 7.46. The van der Waals surface area contributed by atoms with Gasteiger partial charge in [-0.25, -0.2) is 4.98 Å². The molecule has 0 spiro atoms. The third-order valence-corrected chi connectivity index (χ3v) is 3.38. The number of rotatable bonds is 7.